The van der Waals surface area contributed by atoms with Gasteiger partial charge in [0.05, 0.1) is 0 Å². The van der Waals surface area contributed by atoms with Gasteiger partial charge < -0.3 is 14.2 Å². The largest absolute Gasteiger partial charge is 0.462 e. The monoisotopic (exact) mass is 1090 g/mol. The van der Waals surface area contributed by atoms with Crippen LogP contribution in [-0.2, 0) is 28.6 Å². The molecule has 0 amide bonds. The molecule has 0 rings (SSSR count). The molecule has 0 saturated carbocycles. The van der Waals surface area contributed by atoms with Crippen LogP contribution in [0.2, 0.25) is 0 Å². The molecule has 6 nitrogen and oxygen atoms in total. The number of hydrogen-bond donors (Lipinski definition) is 0. The van der Waals surface area contributed by atoms with E-state index in [0.29, 0.717) is 19.3 Å². The number of hydrogen-bond acceptors (Lipinski definition) is 6. The van der Waals surface area contributed by atoms with Crippen molar-refractivity contribution in [3.05, 3.63) is 48.6 Å². The van der Waals surface area contributed by atoms with Gasteiger partial charge in [0, 0.05) is 19.3 Å². The van der Waals surface area contributed by atoms with E-state index in [-0.39, 0.29) is 31.1 Å². The Labute approximate surface area is 486 Å². The maximum absolute atomic E-state index is 12.9. The van der Waals surface area contributed by atoms with Crippen molar-refractivity contribution < 1.29 is 28.6 Å². The zero-order valence-corrected chi connectivity index (χ0v) is 52.5. The van der Waals surface area contributed by atoms with Crippen molar-refractivity contribution in [3.8, 4) is 0 Å². The van der Waals surface area contributed by atoms with Gasteiger partial charge in [0.2, 0.25) is 0 Å². The summed E-state index contributed by atoms with van der Waals surface area (Å²) in [6.07, 6.45) is 84.4. The first kappa shape index (κ1) is 75.4. The Hall–Kier alpha value is -2.63. The molecular formula is C72H132O6. The summed E-state index contributed by atoms with van der Waals surface area (Å²) in [4.78, 5) is 38.3. The Balaban J connectivity index is 4.11. The molecule has 6 heteroatoms. The molecule has 0 aliphatic rings. The van der Waals surface area contributed by atoms with Crippen molar-refractivity contribution in [2.24, 2.45) is 0 Å². The number of ether oxygens (including phenoxy) is 3. The minimum atomic E-state index is -0.777. The topological polar surface area (TPSA) is 78.9 Å². The molecule has 0 saturated heterocycles. The van der Waals surface area contributed by atoms with Crippen LogP contribution in [0.15, 0.2) is 48.6 Å². The Kier molecular flexibility index (Phi) is 64.6. The maximum atomic E-state index is 12.9. The highest BCUT2D eigenvalue weighted by Crippen LogP contribution is 2.18. The molecule has 0 radical (unpaired) electrons. The highest BCUT2D eigenvalue weighted by molar-refractivity contribution is 5.71. The summed E-state index contributed by atoms with van der Waals surface area (Å²) in [6.45, 7) is 6.64. The molecule has 0 aromatic carbocycles. The van der Waals surface area contributed by atoms with Gasteiger partial charge in [-0.3, -0.25) is 14.4 Å². The number of carbonyl (C=O) groups is 3. The Bertz CT molecular complexity index is 1350. The van der Waals surface area contributed by atoms with Crippen molar-refractivity contribution in [2.75, 3.05) is 13.2 Å². The van der Waals surface area contributed by atoms with Crippen molar-refractivity contribution in [1.82, 2.24) is 0 Å². The average Bonchev–Trinajstić information content (AvgIpc) is 3.44. The molecule has 0 N–H and O–H groups in total. The van der Waals surface area contributed by atoms with Crippen LogP contribution in [0.5, 0.6) is 0 Å². The summed E-state index contributed by atoms with van der Waals surface area (Å²) < 4.78 is 16.9. The quantitative estimate of drug-likeness (QED) is 0.0261. The predicted molar refractivity (Wildman–Crippen MR) is 339 cm³/mol. The summed E-state index contributed by atoms with van der Waals surface area (Å²) in [5.74, 6) is -0.866. The molecule has 0 aromatic rings. The first-order valence-electron chi connectivity index (χ1n) is 34.6. The molecule has 0 aromatic heterocycles. The van der Waals surface area contributed by atoms with Crippen LogP contribution in [0.25, 0.3) is 0 Å². The molecule has 1 atom stereocenters. The fraction of sp³-hybridized carbons (Fsp3) is 0.847. The molecule has 0 aliphatic carbocycles. The fourth-order valence-electron chi connectivity index (χ4n) is 10.3. The van der Waals surface area contributed by atoms with E-state index in [1.807, 2.05) is 0 Å². The fourth-order valence-corrected chi connectivity index (χ4v) is 10.3. The van der Waals surface area contributed by atoms with Crippen molar-refractivity contribution in [2.45, 2.75) is 380 Å². The third kappa shape index (κ3) is 64.2. The van der Waals surface area contributed by atoms with Gasteiger partial charge in [-0.15, -0.1) is 0 Å². The lowest BCUT2D eigenvalue weighted by atomic mass is 10.0. The Morgan fingerprint density at radius 1 is 0.256 bits per heavy atom. The van der Waals surface area contributed by atoms with E-state index in [0.717, 1.165) is 77.0 Å². The van der Waals surface area contributed by atoms with Crippen LogP contribution in [0.1, 0.15) is 374 Å². The third-order valence-electron chi connectivity index (χ3n) is 15.6. The summed E-state index contributed by atoms with van der Waals surface area (Å²) in [6, 6.07) is 0. The van der Waals surface area contributed by atoms with Gasteiger partial charge in [-0.05, 0) is 83.5 Å². The van der Waals surface area contributed by atoms with Gasteiger partial charge in [-0.2, -0.15) is 0 Å². The zero-order chi connectivity index (χ0) is 56.4. The molecule has 456 valence electrons. The van der Waals surface area contributed by atoms with Gasteiger partial charge in [0.1, 0.15) is 13.2 Å². The van der Waals surface area contributed by atoms with Crippen molar-refractivity contribution in [3.63, 3.8) is 0 Å². The number of esters is 3. The van der Waals surface area contributed by atoms with Crippen LogP contribution in [-0.4, -0.2) is 37.2 Å². The third-order valence-corrected chi connectivity index (χ3v) is 15.6. The molecule has 0 heterocycles. The lowest BCUT2D eigenvalue weighted by molar-refractivity contribution is -0.167. The predicted octanol–water partition coefficient (Wildman–Crippen LogP) is 23.7. The second-order valence-electron chi connectivity index (χ2n) is 23.4. The number of allylic oxidation sites excluding steroid dienone is 8. The van der Waals surface area contributed by atoms with E-state index in [2.05, 4.69) is 69.4 Å². The summed E-state index contributed by atoms with van der Waals surface area (Å²) in [5, 5.41) is 0. The second-order valence-corrected chi connectivity index (χ2v) is 23.4. The molecule has 0 aliphatic heterocycles. The number of carbonyl (C=O) groups excluding carboxylic acids is 3. The first-order chi connectivity index (χ1) is 38.5. The second kappa shape index (κ2) is 66.9. The van der Waals surface area contributed by atoms with Crippen LogP contribution in [0.3, 0.4) is 0 Å². The summed E-state index contributed by atoms with van der Waals surface area (Å²) >= 11 is 0. The maximum Gasteiger partial charge on any atom is 0.306 e. The minimum absolute atomic E-state index is 0.0740. The lowest BCUT2D eigenvalue weighted by Crippen LogP contribution is -2.30. The molecule has 0 spiro atoms. The van der Waals surface area contributed by atoms with Gasteiger partial charge in [-0.1, -0.05) is 320 Å². The summed E-state index contributed by atoms with van der Waals surface area (Å²) in [7, 11) is 0. The molecular weight excluding hydrogens is 961 g/mol. The van der Waals surface area contributed by atoms with E-state index in [9.17, 15) is 14.4 Å². The smallest absolute Gasteiger partial charge is 0.306 e. The van der Waals surface area contributed by atoms with E-state index in [1.165, 1.54) is 257 Å². The standard InChI is InChI=1S/C72H132O6/c1-4-7-10-13-16-19-22-24-26-28-30-31-32-33-34-35-36-37-38-39-40-41-43-44-46-48-50-53-56-59-62-65-71(74)77-68-69(67-76-70(73)64-61-58-55-52-21-18-15-12-9-6-3)78-72(75)66-63-60-57-54-51-49-47-45-42-29-27-25-23-20-17-14-11-8-5-2/h17,20,25,27-28,30,42,45,69H,4-16,18-19,21-24,26,29,31-41,43-44,46-68H2,1-3H3/b20-17-,27-25-,30-28-,45-42-. The van der Waals surface area contributed by atoms with Crippen LogP contribution < -0.4 is 0 Å². The van der Waals surface area contributed by atoms with E-state index in [1.54, 1.807) is 0 Å². The van der Waals surface area contributed by atoms with E-state index >= 15 is 0 Å². The summed E-state index contributed by atoms with van der Waals surface area (Å²) in [5.41, 5.74) is 0. The van der Waals surface area contributed by atoms with Gasteiger partial charge in [0.25, 0.3) is 0 Å². The van der Waals surface area contributed by atoms with Gasteiger partial charge >= 0.3 is 17.9 Å². The number of unbranched alkanes of at least 4 members (excludes halogenated alkanes) is 45. The van der Waals surface area contributed by atoms with Crippen LogP contribution >= 0.6 is 0 Å². The SMILES string of the molecule is CCCCC/C=C\C/C=C\C/C=C\CCCCCCCCC(=O)OC(COC(=O)CCCCCCCCCCCC)COC(=O)CCCCCCCCCCCCCCCCCCCCC/C=C\CCCCCCCCCC. The Morgan fingerprint density at radius 3 is 0.756 bits per heavy atom. The molecule has 0 bridgehead atoms. The lowest BCUT2D eigenvalue weighted by Gasteiger charge is -2.18. The molecule has 78 heavy (non-hydrogen) atoms. The highest BCUT2D eigenvalue weighted by atomic mass is 16.6. The van der Waals surface area contributed by atoms with E-state index in [4.69, 9.17) is 14.2 Å². The normalized spacial score (nSPS) is 12.3. The average molecular weight is 1090 g/mol. The minimum Gasteiger partial charge on any atom is -0.462 e. The first-order valence-corrected chi connectivity index (χ1v) is 34.6. The van der Waals surface area contributed by atoms with Gasteiger partial charge in [0.15, 0.2) is 6.10 Å². The zero-order valence-electron chi connectivity index (χ0n) is 52.5. The van der Waals surface area contributed by atoms with Crippen molar-refractivity contribution >= 4 is 17.9 Å². The highest BCUT2D eigenvalue weighted by Gasteiger charge is 2.19. The Morgan fingerprint density at radius 2 is 0.462 bits per heavy atom. The van der Waals surface area contributed by atoms with Crippen LogP contribution in [0.4, 0.5) is 0 Å². The van der Waals surface area contributed by atoms with E-state index < -0.39 is 6.10 Å². The van der Waals surface area contributed by atoms with Crippen LogP contribution in [0, 0.1) is 0 Å². The van der Waals surface area contributed by atoms with Crippen molar-refractivity contribution in [1.29, 1.82) is 0 Å². The van der Waals surface area contributed by atoms with Gasteiger partial charge in [-0.25, -0.2) is 0 Å². The molecule has 1 unspecified atom stereocenters. The number of rotatable bonds is 64. The molecule has 0 fully saturated rings.